The Morgan fingerprint density at radius 1 is 1.17 bits per heavy atom. The zero-order valence-electron chi connectivity index (χ0n) is 10.1. The number of piperidine rings is 1. The summed E-state index contributed by atoms with van der Waals surface area (Å²) >= 11 is 5.99. The van der Waals surface area contributed by atoms with E-state index in [1.54, 1.807) is 6.07 Å². The minimum Gasteiger partial charge on any atom is -0.198 e. The van der Waals surface area contributed by atoms with Gasteiger partial charge in [-0.25, -0.2) is 0 Å². The third-order valence-corrected chi connectivity index (χ3v) is 4.98. The van der Waals surface area contributed by atoms with Gasteiger partial charge in [-0.2, -0.15) is 17.4 Å². The lowest BCUT2D eigenvalue weighted by atomic mass is 10.2. The Labute approximate surface area is 113 Å². The summed E-state index contributed by atoms with van der Waals surface area (Å²) in [6.07, 6.45) is 2.98. The first-order valence-corrected chi connectivity index (χ1v) is 7.89. The van der Waals surface area contributed by atoms with E-state index in [0.717, 1.165) is 24.8 Å². The maximum atomic E-state index is 12.0. The number of nitrogens with zero attached hydrogens (tertiary/aromatic N) is 1. The summed E-state index contributed by atoms with van der Waals surface area (Å²) in [7, 11) is -3.37. The van der Waals surface area contributed by atoms with Crippen LogP contribution in [0.1, 0.15) is 24.8 Å². The summed E-state index contributed by atoms with van der Waals surface area (Å²) in [6.45, 7) is 1.45. The molecule has 0 aromatic heterocycles. The lowest BCUT2D eigenvalue weighted by molar-refractivity contribution is 0.341. The molecule has 1 aromatic carbocycles. The first-order chi connectivity index (χ1) is 8.59. The van der Waals surface area contributed by atoms with Gasteiger partial charge in [-0.15, -0.1) is 0 Å². The van der Waals surface area contributed by atoms with E-state index in [4.69, 9.17) is 11.6 Å². The first kappa shape index (κ1) is 13.8. The second kappa shape index (κ2) is 6.02. The molecule has 6 heteroatoms. The van der Waals surface area contributed by atoms with Crippen molar-refractivity contribution in [3.05, 3.63) is 34.9 Å². The molecule has 18 heavy (non-hydrogen) atoms. The molecule has 0 unspecified atom stereocenters. The minimum absolute atomic E-state index is 0.235. The van der Waals surface area contributed by atoms with Crippen molar-refractivity contribution in [1.82, 2.24) is 9.03 Å². The van der Waals surface area contributed by atoms with Gasteiger partial charge in [0, 0.05) is 24.7 Å². The van der Waals surface area contributed by atoms with E-state index in [0.29, 0.717) is 18.1 Å². The van der Waals surface area contributed by atoms with Gasteiger partial charge in [0.05, 0.1) is 0 Å². The van der Waals surface area contributed by atoms with Crippen molar-refractivity contribution in [1.29, 1.82) is 0 Å². The third kappa shape index (κ3) is 3.45. The van der Waals surface area contributed by atoms with E-state index in [1.807, 2.05) is 18.2 Å². The minimum atomic E-state index is -3.37. The first-order valence-electron chi connectivity index (χ1n) is 6.08. The van der Waals surface area contributed by atoms with Gasteiger partial charge in [0.2, 0.25) is 0 Å². The van der Waals surface area contributed by atoms with E-state index in [1.165, 1.54) is 4.31 Å². The zero-order valence-corrected chi connectivity index (χ0v) is 11.7. The maximum absolute atomic E-state index is 12.0. The summed E-state index contributed by atoms with van der Waals surface area (Å²) in [4.78, 5) is 0. The van der Waals surface area contributed by atoms with Crippen LogP contribution in [-0.2, 0) is 16.8 Å². The lowest BCUT2D eigenvalue weighted by Crippen LogP contribution is -2.43. The highest BCUT2D eigenvalue weighted by Crippen LogP contribution is 2.16. The molecular formula is C12H17ClN2O2S. The van der Waals surface area contributed by atoms with Crippen molar-refractivity contribution >= 4 is 21.8 Å². The number of hydrogen-bond donors (Lipinski definition) is 1. The quantitative estimate of drug-likeness (QED) is 0.923. The normalized spacial score (nSPS) is 17.8. The molecule has 1 saturated heterocycles. The number of benzene rings is 1. The van der Waals surface area contributed by atoms with Crippen LogP contribution >= 0.6 is 11.6 Å². The highest BCUT2D eigenvalue weighted by atomic mass is 35.5. The topological polar surface area (TPSA) is 49.4 Å². The molecule has 2 rings (SSSR count). The lowest BCUT2D eigenvalue weighted by Gasteiger charge is -2.26. The van der Waals surface area contributed by atoms with Gasteiger partial charge in [0.1, 0.15) is 0 Å². The summed E-state index contributed by atoms with van der Waals surface area (Å²) < 4.78 is 28.2. The molecule has 1 aliphatic heterocycles. The van der Waals surface area contributed by atoms with Crippen molar-refractivity contribution < 1.29 is 8.42 Å². The molecule has 0 aliphatic carbocycles. The molecule has 0 amide bonds. The molecule has 1 fully saturated rings. The van der Waals surface area contributed by atoms with Crippen molar-refractivity contribution in [2.45, 2.75) is 25.8 Å². The predicted molar refractivity (Wildman–Crippen MR) is 72.6 cm³/mol. The van der Waals surface area contributed by atoms with Gasteiger partial charge in [-0.1, -0.05) is 36.2 Å². The number of halogens is 1. The summed E-state index contributed by atoms with van der Waals surface area (Å²) in [6, 6.07) is 7.24. The molecule has 0 spiro atoms. The van der Waals surface area contributed by atoms with Crippen molar-refractivity contribution in [2.24, 2.45) is 0 Å². The van der Waals surface area contributed by atoms with Gasteiger partial charge in [-0.3, -0.25) is 0 Å². The molecule has 0 saturated carbocycles. The van der Waals surface area contributed by atoms with Crippen LogP contribution in [0.5, 0.6) is 0 Å². The highest BCUT2D eigenvalue weighted by molar-refractivity contribution is 7.87. The largest absolute Gasteiger partial charge is 0.279 e. The Morgan fingerprint density at radius 3 is 2.50 bits per heavy atom. The monoisotopic (exact) mass is 288 g/mol. The maximum Gasteiger partial charge on any atom is 0.279 e. The second-order valence-corrected chi connectivity index (χ2v) is 6.54. The molecule has 4 nitrogen and oxygen atoms in total. The van der Waals surface area contributed by atoms with Crippen LogP contribution in [0.15, 0.2) is 24.3 Å². The van der Waals surface area contributed by atoms with E-state index in [2.05, 4.69) is 4.72 Å². The van der Waals surface area contributed by atoms with E-state index < -0.39 is 10.2 Å². The molecule has 0 bridgehead atoms. The van der Waals surface area contributed by atoms with Crippen LogP contribution in [0.3, 0.4) is 0 Å². The van der Waals surface area contributed by atoms with Gasteiger partial charge < -0.3 is 0 Å². The van der Waals surface area contributed by atoms with E-state index in [9.17, 15) is 8.42 Å². The molecule has 1 aliphatic rings. The van der Waals surface area contributed by atoms with Crippen LogP contribution in [0.4, 0.5) is 0 Å². The molecule has 0 atom stereocenters. The second-order valence-electron chi connectivity index (χ2n) is 4.38. The Hall–Kier alpha value is -0.620. The Bertz CT molecular complexity index is 499. The molecule has 1 aromatic rings. The average Bonchev–Trinajstić information content (AvgIpc) is 2.39. The fraction of sp³-hybridized carbons (Fsp3) is 0.500. The Kier molecular flexibility index (Phi) is 4.61. The van der Waals surface area contributed by atoms with Gasteiger partial charge in [0.15, 0.2) is 0 Å². The molecule has 1 heterocycles. The predicted octanol–water partition coefficient (Wildman–Crippen LogP) is 2.16. The highest BCUT2D eigenvalue weighted by Gasteiger charge is 2.23. The van der Waals surface area contributed by atoms with Crippen molar-refractivity contribution in [3.63, 3.8) is 0 Å². The summed E-state index contributed by atoms with van der Waals surface area (Å²) in [5.74, 6) is 0. The number of nitrogens with one attached hydrogen (secondary N) is 1. The van der Waals surface area contributed by atoms with Gasteiger partial charge in [-0.05, 0) is 24.5 Å². The fourth-order valence-corrected chi connectivity index (χ4v) is 3.47. The van der Waals surface area contributed by atoms with Crippen LogP contribution in [0.2, 0.25) is 5.02 Å². The summed E-state index contributed by atoms with van der Waals surface area (Å²) in [5.41, 5.74) is 0.791. The third-order valence-electron chi connectivity index (χ3n) is 3.06. The average molecular weight is 289 g/mol. The SMILES string of the molecule is O=S(=O)(NCc1ccccc1Cl)N1CCCCC1. The Morgan fingerprint density at radius 2 is 1.83 bits per heavy atom. The smallest absolute Gasteiger partial charge is 0.198 e. The van der Waals surface area contributed by atoms with Crippen molar-refractivity contribution in [3.8, 4) is 0 Å². The van der Waals surface area contributed by atoms with Gasteiger partial charge >= 0.3 is 0 Å². The number of hydrogen-bond acceptors (Lipinski definition) is 2. The Balaban J connectivity index is 1.98. The molecule has 0 radical (unpaired) electrons. The van der Waals surface area contributed by atoms with Gasteiger partial charge in [0.25, 0.3) is 10.2 Å². The molecular weight excluding hydrogens is 272 g/mol. The van der Waals surface area contributed by atoms with Crippen LogP contribution in [0, 0.1) is 0 Å². The number of rotatable bonds is 4. The van der Waals surface area contributed by atoms with Crippen LogP contribution in [0.25, 0.3) is 0 Å². The molecule has 100 valence electrons. The van der Waals surface area contributed by atoms with Crippen LogP contribution in [-0.4, -0.2) is 25.8 Å². The molecule has 1 N–H and O–H groups in total. The summed E-state index contributed by atoms with van der Waals surface area (Å²) in [5, 5.41) is 0.582. The zero-order chi connectivity index (χ0) is 13.0. The van der Waals surface area contributed by atoms with E-state index >= 15 is 0 Å². The standard InChI is InChI=1S/C12H17ClN2O2S/c13-12-7-3-2-6-11(12)10-14-18(16,17)15-8-4-1-5-9-15/h2-3,6-7,14H,1,4-5,8-10H2. The fourth-order valence-electron chi connectivity index (χ4n) is 2.01. The van der Waals surface area contributed by atoms with Crippen molar-refractivity contribution in [2.75, 3.05) is 13.1 Å². The van der Waals surface area contributed by atoms with Crippen LogP contribution < -0.4 is 4.72 Å². The van der Waals surface area contributed by atoms with E-state index in [-0.39, 0.29) is 6.54 Å².